The molecule has 2 aromatic rings. The second-order valence-electron chi connectivity index (χ2n) is 3.42. The van der Waals surface area contributed by atoms with Crippen molar-refractivity contribution in [2.45, 2.75) is 19.4 Å². The first-order valence-corrected chi connectivity index (χ1v) is 5.78. The van der Waals surface area contributed by atoms with E-state index in [1.807, 2.05) is 7.05 Å². The number of nitrogens with zero attached hydrogens (tertiary/aromatic N) is 3. The van der Waals surface area contributed by atoms with E-state index in [-0.39, 0.29) is 6.04 Å². The Bertz CT molecular complexity index is 446. The van der Waals surface area contributed by atoms with E-state index < -0.39 is 0 Å². The molecule has 15 heavy (non-hydrogen) atoms. The first kappa shape index (κ1) is 10.3. The van der Waals surface area contributed by atoms with Crippen LogP contribution in [0.25, 0.3) is 0 Å². The highest BCUT2D eigenvalue weighted by atomic mass is 32.1. The molecule has 2 rings (SSSR count). The molecule has 0 aliphatic heterocycles. The van der Waals surface area contributed by atoms with Gasteiger partial charge in [-0.25, -0.2) is 0 Å². The van der Waals surface area contributed by atoms with Crippen LogP contribution in [-0.2, 0) is 13.5 Å². The van der Waals surface area contributed by atoms with Gasteiger partial charge in [-0.2, -0.15) is 0 Å². The summed E-state index contributed by atoms with van der Waals surface area (Å²) in [6.07, 6.45) is 2.74. The minimum Gasteiger partial charge on any atom is -0.318 e. The van der Waals surface area contributed by atoms with Crippen LogP contribution >= 0.6 is 11.3 Å². The third-order valence-corrected chi connectivity index (χ3v) is 3.55. The van der Waals surface area contributed by atoms with Crippen molar-refractivity contribution < 1.29 is 0 Å². The number of rotatable bonds is 3. The third kappa shape index (κ3) is 1.80. The van der Waals surface area contributed by atoms with Gasteiger partial charge in [0.2, 0.25) is 0 Å². The SMILES string of the molecule is CCc1ccsc1C(N)c1cnnn1C. The van der Waals surface area contributed by atoms with Gasteiger partial charge in [0.1, 0.15) is 0 Å². The molecule has 0 radical (unpaired) electrons. The Balaban J connectivity index is 2.36. The smallest absolute Gasteiger partial charge is 0.0836 e. The molecule has 2 N–H and O–H groups in total. The van der Waals surface area contributed by atoms with Gasteiger partial charge >= 0.3 is 0 Å². The van der Waals surface area contributed by atoms with Gasteiger partial charge in [-0.1, -0.05) is 12.1 Å². The van der Waals surface area contributed by atoms with Crippen LogP contribution < -0.4 is 5.73 Å². The van der Waals surface area contributed by atoms with Crippen molar-refractivity contribution >= 4 is 11.3 Å². The molecule has 0 spiro atoms. The van der Waals surface area contributed by atoms with E-state index in [0.29, 0.717) is 0 Å². The monoisotopic (exact) mass is 222 g/mol. The Morgan fingerprint density at radius 1 is 1.60 bits per heavy atom. The first-order valence-electron chi connectivity index (χ1n) is 4.90. The number of thiophene rings is 1. The van der Waals surface area contributed by atoms with Gasteiger partial charge in [-0.15, -0.1) is 16.4 Å². The van der Waals surface area contributed by atoms with E-state index in [2.05, 4.69) is 28.7 Å². The van der Waals surface area contributed by atoms with Crippen molar-refractivity contribution in [3.8, 4) is 0 Å². The fourth-order valence-corrected chi connectivity index (χ4v) is 2.64. The van der Waals surface area contributed by atoms with E-state index >= 15 is 0 Å². The van der Waals surface area contributed by atoms with Crippen LogP contribution in [0.1, 0.15) is 29.1 Å². The molecule has 0 aliphatic rings. The third-order valence-electron chi connectivity index (χ3n) is 2.51. The van der Waals surface area contributed by atoms with Crippen LogP contribution in [0.5, 0.6) is 0 Å². The highest BCUT2D eigenvalue weighted by molar-refractivity contribution is 7.10. The Hall–Kier alpha value is -1.20. The predicted octanol–water partition coefficient (Wildman–Crippen LogP) is 1.49. The van der Waals surface area contributed by atoms with Crippen molar-refractivity contribution in [1.82, 2.24) is 15.0 Å². The zero-order valence-corrected chi connectivity index (χ0v) is 9.66. The Kier molecular flexibility index (Phi) is 2.83. The summed E-state index contributed by atoms with van der Waals surface area (Å²) in [6, 6.07) is 2.02. The zero-order chi connectivity index (χ0) is 10.8. The molecule has 0 saturated heterocycles. The summed E-state index contributed by atoms with van der Waals surface area (Å²) in [5.74, 6) is 0. The normalized spacial score (nSPS) is 13.0. The molecule has 4 nitrogen and oxygen atoms in total. The van der Waals surface area contributed by atoms with Gasteiger partial charge in [-0.05, 0) is 23.4 Å². The highest BCUT2D eigenvalue weighted by Crippen LogP contribution is 2.27. The molecule has 1 unspecified atom stereocenters. The van der Waals surface area contributed by atoms with E-state index in [4.69, 9.17) is 5.73 Å². The van der Waals surface area contributed by atoms with Crippen LogP contribution in [-0.4, -0.2) is 15.0 Å². The van der Waals surface area contributed by atoms with Gasteiger partial charge in [0.15, 0.2) is 0 Å². The molecule has 0 amide bonds. The lowest BCUT2D eigenvalue weighted by Crippen LogP contribution is -2.15. The van der Waals surface area contributed by atoms with Crippen molar-refractivity contribution in [2.75, 3.05) is 0 Å². The average Bonchev–Trinajstić information content (AvgIpc) is 2.84. The van der Waals surface area contributed by atoms with Crippen molar-refractivity contribution in [3.63, 3.8) is 0 Å². The van der Waals surface area contributed by atoms with E-state index in [0.717, 1.165) is 12.1 Å². The van der Waals surface area contributed by atoms with Crippen LogP contribution in [0.15, 0.2) is 17.6 Å². The topological polar surface area (TPSA) is 56.7 Å². The average molecular weight is 222 g/mol. The molecule has 1 atom stereocenters. The number of hydrogen-bond acceptors (Lipinski definition) is 4. The second kappa shape index (κ2) is 4.12. The van der Waals surface area contributed by atoms with Crippen molar-refractivity contribution in [1.29, 1.82) is 0 Å². The van der Waals surface area contributed by atoms with E-state index in [9.17, 15) is 0 Å². The van der Waals surface area contributed by atoms with Crippen molar-refractivity contribution in [2.24, 2.45) is 12.8 Å². The summed E-state index contributed by atoms with van der Waals surface area (Å²) >= 11 is 1.70. The Morgan fingerprint density at radius 3 is 3.00 bits per heavy atom. The molecule has 0 aliphatic carbocycles. The van der Waals surface area contributed by atoms with Gasteiger partial charge in [0.05, 0.1) is 17.9 Å². The van der Waals surface area contributed by atoms with Crippen LogP contribution in [0.4, 0.5) is 0 Å². The summed E-state index contributed by atoms with van der Waals surface area (Å²) in [5, 5.41) is 9.82. The first-order chi connectivity index (χ1) is 7.24. The lowest BCUT2D eigenvalue weighted by molar-refractivity contribution is 0.653. The highest BCUT2D eigenvalue weighted by Gasteiger charge is 2.17. The van der Waals surface area contributed by atoms with E-state index in [1.165, 1.54) is 10.4 Å². The largest absolute Gasteiger partial charge is 0.318 e. The summed E-state index contributed by atoms with van der Waals surface area (Å²) in [6.45, 7) is 2.14. The minimum atomic E-state index is -0.111. The van der Waals surface area contributed by atoms with Crippen LogP contribution in [0.2, 0.25) is 0 Å². The van der Waals surface area contributed by atoms with Gasteiger partial charge in [-0.3, -0.25) is 4.68 Å². The summed E-state index contributed by atoms with van der Waals surface area (Å²) < 4.78 is 1.73. The number of hydrogen-bond donors (Lipinski definition) is 1. The molecule has 2 aromatic heterocycles. The number of aryl methyl sites for hydroxylation is 2. The summed E-state index contributed by atoms with van der Waals surface area (Å²) in [7, 11) is 1.86. The summed E-state index contributed by atoms with van der Waals surface area (Å²) in [5.41, 5.74) is 8.46. The maximum absolute atomic E-state index is 6.19. The molecule has 2 heterocycles. The Labute approximate surface area is 92.7 Å². The van der Waals surface area contributed by atoms with Gasteiger partial charge in [0.25, 0.3) is 0 Å². The molecule has 0 bridgehead atoms. The van der Waals surface area contributed by atoms with Crippen molar-refractivity contribution in [3.05, 3.63) is 33.8 Å². The lowest BCUT2D eigenvalue weighted by atomic mass is 10.1. The quantitative estimate of drug-likeness (QED) is 0.856. The minimum absolute atomic E-state index is 0.111. The van der Waals surface area contributed by atoms with E-state index in [1.54, 1.807) is 22.2 Å². The fraction of sp³-hybridized carbons (Fsp3) is 0.400. The number of nitrogens with two attached hydrogens (primary N) is 1. The van der Waals surface area contributed by atoms with Crippen LogP contribution in [0, 0.1) is 0 Å². The molecular weight excluding hydrogens is 208 g/mol. The summed E-state index contributed by atoms with van der Waals surface area (Å²) in [4.78, 5) is 1.21. The van der Waals surface area contributed by atoms with Gasteiger partial charge < -0.3 is 5.73 Å². The Morgan fingerprint density at radius 2 is 2.40 bits per heavy atom. The molecule has 0 fully saturated rings. The molecule has 0 aromatic carbocycles. The van der Waals surface area contributed by atoms with Crippen LogP contribution in [0.3, 0.4) is 0 Å². The second-order valence-corrected chi connectivity index (χ2v) is 4.37. The molecule has 0 saturated carbocycles. The molecular formula is C10H14N4S. The maximum Gasteiger partial charge on any atom is 0.0836 e. The standard InChI is InChI=1S/C10H14N4S/c1-3-7-4-5-15-10(7)9(11)8-6-12-13-14(8)2/h4-6,9H,3,11H2,1-2H3. The lowest BCUT2D eigenvalue weighted by Gasteiger charge is -2.11. The predicted molar refractivity (Wildman–Crippen MR) is 60.7 cm³/mol. The van der Waals surface area contributed by atoms with Gasteiger partial charge in [0, 0.05) is 11.9 Å². The fourth-order valence-electron chi connectivity index (χ4n) is 1.63. The number of aromatic nitrogens is 3. The molecule has 80 valence electrons. The molecule has 5 heteroatoms. The zero-order valence-electron chi connectivity index (χ0n) is 8.84. The maximum atomic E-state index is 6.19.